The van der Waals surface area contributed by atoms with Gasteiger partial charge in [0.25, 0.3) is 5.91 Å². The number of carbonyl (C=O) groups is 1. The van der Waals surface area contributed by atoms with Crippen LogP contribution in [-0.2, 0) is 4.79 Å². The third-order valence-electron chi connectivity index (χ3n) is 5.22. The van der Waals surface area contributed by atoms with Crippen LogP contribution in [0.1, 0.15) is 12.8 Å². The predicted octanol–water partition coefficient (Wildman–Crippen LogP) is 1.79. The summed E-state index contributed by atoms with van der Waals surface area (Å²) in [6.45, 7) is 1.50. The number of nitrogens with zero attached hydrogens (tertiary/aromatic N) is 1. The minimum Gasteiger partial charge on any atom is -0.484 e. The molecule has 0 spiro atoms. The number of likely N-dealkylation sites (tertiary alicyclic amines) is 1. The van der Waals surface area contributed by atoms with Crippen molar-refractivity contribution in [2.24, 2.45) is 17.6 Å². The molecule has 1 saturated carbocycles. The highest BCUT2D eigenvalue weighted by Crippen LogP contribution is 2.37. The summed E-state index contributed by atoms with van der Waals surface area (Å²) in [5.41, 5.74) is 6.15. The van der Waals surface area contributed by atoms with E-state index in [4.69, 9.17) is 14.9 Å². The van der Waals surface area contributed by atoms with Gasteiger partial charge in [0.05, 0.1) is 0 Å². The monoisotopic (exact) mass is 364 g/mol. The maximum atomic E-state index is 12.4. The molecule has 2 heterocycles. The molecule has 1 amide bonds. The Balaban J connectivity index is 0.00000182. The number of carbonyl (C=O) groups excluding carboxylic acids is 1. The Labute approximate surface area is 151 Å². The van der Waals surface area contributed by atoms with Gasteiger partial charge in [0.2, 0.25) is 0 Å². The molecule has 1 aliphatic heterocycles. The Morgan fingerprint density at radius 1 is 1.24 bits per heavy atom. The molecule has 1 aromatic heterocycles. The fourth-order valence-electron chi connectivity index (χ4n) is 3.88. The highest BCUT2D eigenvalue weighted by atomic mass is 35.5. The molecule has 0 radical (unpaired) electrons. The lowest BCUT2D eigenvalue weighted by molar-refractivity contribution is -0.132. The van der Waals surface area contributed by atoms with Crippen molar-refractivity contribution < 1.29 is 13.9 Å². The van der Waals surface area contributed by atoms with Gasteiger partial charge in [-0.1, -0.05) is 0 Å². The maximum absolute atomic E-state index is 12.4. The van der Waals surface area contributed by atoms with Gasteiger partial charge in [0.1, 0.15) is 11.3 Å². The van der Waals surface area contributed by atoms with Gasteiger partial charge >= 0.3 is 5.63 Å². The average Bonchev–Trinajstić information content (AvgIpc) is 3.14. The molecule has 3 unspecified atom stereocenters. The number of halogens is 1. The Morgan fingerprint density at radius 3 is 2.84 bits per heavy atom. The largest absolute Gasteiger partial charge is 0.484 e. The fourth-order valence-corrected chi connectivity index (χ4v) is 3.88. The summed E-state index contributed by atoms with van der Waals surface area (Å²) in [4.78, 5) is 25.5. The normalized spacial score (nSPS) is 24.8. The molecule has 2 aromatic rings. The molecule has 2 fully saturated rings. The molecule has 1 aliphatic carbocycles. The molecule has 134 valence electrons. The smallest absolute Gasteiger partial charge is 0.336 e. The van der Waals surface area contributed by atoms with E-state index in [9.17, 15) is 9.59 Å². The number of benzene rings is 1. The molecule has 6 nitrogen and oxygen atoms in total. The summed E-state index contributed by atoms with van der Waals surface area (Å²) >= 11 is 0. The molecule has 1 aromatic carbocycles. The van der Waals surface area contributed by atoms with E-state index in [-0.39, 0.29) is 31.0 Å². The van der Waals surface area contributed by atoms with Crippen LogP contribution in [0.3, 0.4) is 0 Å². The van der Waals surface area contributed by atoms with E-state index >= 15 is 0 Å². The van der Waals surface area contributed by atoms with Gasteiger partial charge in [0.15, 0.2) is 6.61 Å². The van der Waals surface area contributed by atoms with E-state index in [0.717, 1.165) is 31.3 Å². The minimum atomic E-state index is -0.407. The van der Waals surface area contributed by atoms with Crippen LogP contribution >= 0.6 is 12.4 Å². The van der Waals surface area contributed by atoms with Crippen LogP contribution in [0.5, 0.6) is 5.75 Å². The number of amides is 1. The summed E-state index contributed by atoms with van der Waals surface area (Å²) in [5.74, 6) is 1.47. The lowest BCUT2D eigenvalue weighted by Crippen LogP contribution is -2.36. The lowest BCUT2D eigenvalue weighted by Gasteiger charge is -2.19. The third kappa shape index (κ3) is 3.50. The second-order valence-corrected chi connectivity index (χ2v) is 6.71. The molecule has 2 aliphatic rings. The van der Waals surface area contributed by atoms with Gasteiger partial charge in [-0.05, 0) is 42.9 Å². The zero-order valence-corrected chi connectivity index (χ0v) is 14.5. The van der Waals surface area contributed by atoms with Gasteiger partial charge in [-0.25, -0.2) is 4.79 Å². The number of rotatable bonds is 3. The number of ether oxygens (including phenoxy) is 1. The minimum absolute atomic E-state index is 0. The number of hydrogen-bond acceptors (Lipinski definition) is 5. The lowest BCUT2D eigenvalue weighted by atomic mass is 9.98. The first-order valence-electron chi connectivity index (χ1n) is 8.30. The molecule has 1 saturated heterocycles. The topological polar surface area (TPSA) is 85.8 Å². The molecule has 3 atom stereocenters. The molecule has 7 heteroatoms. The van der Waals surface area contributed by atoms with Gasteiger partial charge < -0.3 is 19.8 Å². The number of fused-ring (bicyclic) bond motifs is 2. The first-order valence-corrected chi connectivity index (χ1v) is 8.30. The summed E-state index contributed by atoms with van der Waals surface area (Å²) in [5, 5.41) is 0.814. The Kier molecular flexibility index (Phi) is 5.01. The van der Waals surface area contributed by atoms with Crippen LogP contribution in [0.4, 0.5) is 0 Å². The van der Waals surface area contributed by atoms with E-state index in [0.29, 0.717) is 23.2 Å². The SMILES string of the molecule is Cl.NC1CCC2CN(C(=O)COc3ccc4ccc(=O)oc4c3)CC12. The van der Waals surface area contributed by atoms with Crippen molar-refractivity contribution in [2.45, 2.75) is 18.9 Å². The molecule has 2 N–H and O–H groups in total. The van der Waals surface area contributed by atoms with Crippen molar-refractivity contribution in [1.29, 1.82) is 0 Å². The Morgan fingerprint density at radius 2 is 2.04 bits per heavy atom. The quantitative estimate of drug-likeness (QED) is 0.839. The Bertz CT molecular complexity index is 837. The second kappa shape index (κ2) is 7.06. The second-order valence-electron chi connectivity index (χ2n) is 6.71. The first kappa shape index (κ1) is 17.8. The summed E-state index contributed by atoms with van der Waals surface area (Å²) in [6.07, 6.45) is 2.18. The zero-order valence-electron chi connectivity index (χ0n) is 13.7. The van der Waals surface area contributed by atoms with Crippen LogP contribution in [0.25, 0.3) is 11.0 Å². The number of nitrogens with two attached hydrogens (primary N) is 1. The summed E-state index contributed by atoms with van der Waals surface area (Å²) in [6, 6.07) is 8.50. The van der Waals surface area contributed by atoms with Crippen LogP contribution in [0.2, 0.25) is 0 Å². The van der Waals surface area contributed by atoms with Gasteiger partial charge in [0, 0.05) is 36.7 Å². The first-order chi connectivity index (χ1) is 11.6. The van der Waals surface area contributed by atoms with Crippen LogP contribution in [0, 0.1) is 11.8 Å². The molecular weight excluding hydrogens is 344 g/mol. The highest BCUT2D eigenvalue weighted by molar-refractivity contribution is 5.85. The van der Waals surface area contributed by atoms with Crippen molar-refractivity contribution in [2.75, 3.05) is 19.7 Å². The standard InChI is InChI=1S/C18H20N2O4.ClH/c19-15-5-2-12-8-20(9-14(12)15)17(21)10-23-13-4-1-11-3-6-18(22)24-16(11)7-13;/h1,3-4,6-7,12,14-15H,2,5,8-10,19H2;1H. The van der Waals surface area contributed by atoms with Crippen LogP contribution in [-0.4, -0.2) is 36.5 Å². The predicted molar refractivity (Wildman–Crippen MR) is 96.0 cm³/mol. The molecule has 4 rings (SSSR count). The van der Waals surface area contributed by atoms with Crippen molar-refractivity contribution in [1.82, 2.24) is 4.90 Å². The highest BCUT2D eigenvalue weighted by Gasteiger charge is 2.42. The van der Waals surface area contributed by atoms with Crippen molar-refractivity contribution in [3.63, 3.8) is 0 Å². The van der Waals surface area contributed by atoms with Crippen LogP contribution < -0.4 is 16.1 Å². The van der Waals surface area contributed by atoms with Crippen LogP contribution in [0.15, 0.2) is 39.5 Å². The molecular formula is C18H21ClN2O4. The molecule has 25 heavy (non-hydrogen) atoms. The third-order valence-corrected chi connectivity index (χ3v) is 5.22. The maximum Gasteiger partial charge on any atom is 0.336 e. The van der Waals surface area contributed by atoms with E-state index in [1.165, 1.54) is 6.07 Å². The number of hydrogen-bond donors (Lipinski definition) is 1. The van der Waals surface area contributed by atoms with Gasteiger partial charge in [-0.3, -0.25) is 4.79 Å². The fraction of sp³-hybridized carbons (Fsp3) is 0.444. The summed E-state index contributed by atoms with van der Waals surface area (Å²) < 4.78 is 10.7. The van der Waals surface area contributed by atoms with E-state index in [2.05, 4.69) is 0 Å². The van der Waals surface area contributed by atoms with Crippen molar-refractivity contribution in [3.8, 4) is 5.75 Å². The van der Waals surface area contributed by atoms with E-state index in [1.807, 2.05) is 4.90 Å². The summed E-state index contributed by atoms with van der Waals surface area (Å²) in [7, 11) is 0. The van der Waals surface area contributed by atoms with Gasteiger partial charge in [-0.15, -0.1) is 12.4 Å². The van der Waals surface area contributed by atoms with Gasteiger partial charge in [-0.2, -0.15) is 0 Å². The molecule has 0 bridgehead atoms. The zero-order chi connectivity index (χ0) is 16.7. The average molecular weight is 365 g/mol. The van der Waals surface area contributed by atoms with E-state index in [1.54, 1.807) is 24.3 Å². The van der Waals surface area contributed by atoms with Crippen molar-refractivity contribution in [3.05, 3.63) is 40.8 Å². The Hall–Kier alpha value is -2.05. The van der Waals surface area contributed by atoms with E-state index < -0.39 is 5.63 Å². The van der Waals surface area contributed by atoms with Crippen molar-refractivity contribution >= 4 is 29.3 Å².